The highest BCUT2D eigenvalue weighted by molar-refractivity contribution is 7.80. The lowest BCUT2D eigenvalue weighted by Gasteiger charge is -1.97. The number of nitrogens with two attached hydrogens (primary N) is 1. The Bertz CT molecular complexity index is 392. The summed E-state index contributed by atoms with van der Waals surface area (Å²) in [5, 5.41) is 2.05. The zero-order chi connectivity index (χ0) is 8.72. The second-order valence-corrected chi connectivity index (χ2v) is 4.42. The van der Waals surface area contributed by atoms with Crippen LogP contribution in [0, 0.1) is 6.92 Å². The maximum absolute atomic E-state index is 5.68. The van der Waals surface area contributed by atoms with Crippen molar-refractivity contribution in [3.63, 3.8) is 0 Å². The van der Waals surface area contributed by atoms with Crippen LogP contribution in [0.3, 0.4) is 0 Å². The van der Waals surface area contributed by atoms with Crippen molar-refractivity contribution < 1.29 is 0 Å². The Morgan fingerprint density at radius 2 is 2.08 bits per heavy atom. The zero-order valence-corrected chi connectivity index (χ0v) is 8.38. The molecule has 0 unspecified atom stereocenters. The van der Waals surface area contributed by atoms with Gasteiger partial charge in [0.05, 0.1) is 5.00 Å². The largest absolute Gasteiger partial charge is 0.391 e. The summed E-state index contributed by atoms with van der Waals surface area (Å²) < 4.78 is 1.24. The highest BCUT2D eigenvalue weighted by Gasteiger charge is 2.01. The number of rotatable bonds is 0. The van der Waals surface area contributed by atoms with Gasteiger partial charge in [-0.2, -0.15) is 0 Å². The number of hydrogen-bond acceptors (Lipinski definition) is 3. The third kappa shape index (κ3) is 1.19. The minimum Gasteiger partial charge on any atom is -0.391 e. The van der Waals surface area contributed by atoms with E-state index in [9.17, 15) is 0 Å². The van der Waals surface area contributed by atoms with E-state index in [0.29, 0.717) is 0 Å². The van der Waals surface area contributed by atoms with Crippen molar-refractivity contribution in [3.05, 3.63) is 23.8 Å². The topological polar surface area (TPSA) is 26.0 Å². The van der Waals surface area contributed by atoms with Crippen LogP contribution in [-0.2, 0) is 0 Å². The van der Waals surface area contributed by atoms with Crippen LogP contribution < -0.4 is 5.73 Å². The van der Waals surface area contributed by atoms with Crippen LogP contribution in [0.1, 0.15) is 5.56 Å². The van der Waals surface area contributed by atoms with Gasteiger partial charge in [-0.1, -0.05) is 0 Å². The molecule has 3 heteroatoms. The molecule has 0 atom stereocenters. The summed E-state index contributed by atoms with van der Waals surface area (Å²) in [6.07, 6.45) is 0. The molecule has 12 heavy (non-hydrogen) atoms. The molecule has 1 aromatic heterocycles. The van der Waals surface area contributed by atoms with Crippen molar-refractivity contribution in [2.45, 2.75) is 11.8 Å². The fraction of sp³-hybridized carbons (Fsp3) is 0.111. The highest BCUT2D eigenvalue weighted by Crippen LogP contribution is 2.30. The molecule has 0 fully saturated rings. The summed E-state index contributed by atoms with van der Waals surface area (Å²) in [6, 6.07) is 6.17. The van der Waals surface area contributed by atoms with E-state index in [-0.39, 0.29) is 0 Å². The molecule has 0 aliphatic heterocycles. The lowest BCUT2D eigenvalue weighted by molar-refractivity contribution is 1.35. The summed E-state index contributed by atoms with van der Waals surface area (Å²) in [4.78, 5) is 1.03. The first-order valence-corrected chi connectivity index (χ1v) is 4.92. The van der Waals surface area contributed by atoms with E-state index < -0.39 is 0 Å². The Hall–Kier alpha value is -0.670. The molecule has 0 amide bonds. The Morgan fingerprint density at radius 1 is 1.33 bits per heavy atom. The van der Waals surface area contributed by atoms with Crippen LogP contribution in [-0.4, -0.2) is 0 Å². The first kappa shape index (κ1) is 7.95. The Balaban J connectivity index is 2.83. The molecule has 0 saturated carbocycles. The Labute approximate surface area is 80.6 Å². The molecule has 1 nitrogen and oxygen atoms in total. The molecule has 2 N–H and O–H groups in total. The van der Waals surface area contributed by atoms with Crippen LogP contribution in [0.5, 0.6) is 0 Å². The fourth-order valence-corrected chi connectivity index (χ4v) is 2.31. The summed E-state index contributed by atoms with van der Waals surface area (Å²) in [7, 11) is 0. The van der Waals surface area contributed by atoms with Gasteiger partial charge in [-0.15, -0.1) is 24.0 Å². The number of aryl methyl sites for hydroxylation is 1. The molecular formula is C9H9NS2. The number of benzene rings is 1. The van der Waals surface area contributed by atoms with Crippen molar-refractivity contribution in [2.75, 3.05) is 5.73 Å². The first-order chi connectivity index (χ1) is 5.66. The monoisotopic (exact) mass is 195 g/mol. The summed E-state index contributed by atoms with van der Waals surface area (Å²) >= 11 is 5.97. The van der Waals surface area contributed by atoms with Gasteiger partial charge < -0.3 is 5.73 Å². The van der Waals surface area contributed by atoms with Crippen LogP contribution in [0.4, 0.5) is 5.00 Å². The molecule has 62 valence electrons. The van der Waals surface area contributed by atoms with E-state index in [1.807, 2.05) is 6.07 Å². The summed E-state index contributed by atoms with van der Waals surface area (Å²) in [6.45, 7) is 2.05. The van der Waals surface area contributed by atoms with Crippen LogP contribution in [0.15, 0.2) is 23.1 Å². The van der Waals surface area contributed by atoms with Crippen molar-refractivity contribution in [2.24, 2.45) is 0 Å². The maximum atomic E-state index is 5.68. The lowest BCUT2D eigenvalue weighted by Crippen LogP contribution is -1.74. The average molecular weight is 195 g/mol. The Morgan fingerprint density at radius 3 is 2.83 bits per heavy atom. The van der Waals surface area contributed by atoms with E-state index in [2.05, 4.69) is 31.7 Å². The maximum Gasteiger partial charge on any atom is 0.0868 e. The van der Waals surface area contributed by atoms with Gasteiger partial charge in [0.2, 0.25) is 0 Å². The number of anilines is 1. The second kappa shape index (κ2) is 2.68. The van der Waals surface area contributed by atoms with Gasteiger partial charge in [0.1, 0.15) is 0 Å². The SMILES string of the molecule is Cc1cc2sc(N)cc2cc1S. The van der Waals surface area contributed by atoms with E-state index >= 15 is 0 Å². The number of thiophene rings is 1. The number of thiol groups is 1. The van der Waals surface area contributed by atoms with Gasteiger partial charge in [-0.3, -0.25) is 0 Å². The molecule has 0 radical (unpaired) electrons. The summed E-state index contributed by atoms with van der Waals surface area (Å²) in [5.41, 5.74) is 6.89. The molecule has 1 aromatic carbocycles. The van der Waals surface area contributed by atoms with Crippen molar-refractivity contribution >= 4 is 39.1 Å². The van der Waals surface area contributed by atoms with E-state index in [4.69, 9.17) is 5.73 Å². The van der Waals surface area contributed by atoms with Crippen LogP contribution >= 0.6 is 24.0 Å². The van der Waals surface area contributed by atoms with E-state index in [1.165, 1.54) is 15.6 Å². The predicted octanol–water partition coefficient (Wildman–Crippen LogP) is 3.08. The third-order valence-electron chi connectivity index (χ3n) is 1.85. The highest BCUT2D eigenvalue weighted by atomic mass is 32.1. The number of hydrogen-bond donors (Lipinski definition) is 2. The first-order valence-electron chi connectivity index (χ1n) is 3.65. The molecule has 2 rings (SSSR count). The third-order valence-corrected chi connectivity index (χ3v) is 3.26. The Kier molecular flexibility index (Phi) is 1.77. The fourth-order valence-electron chi connectivity index (χ4n) is 1.20. The summed E-state index contributed by atoms with van der Waals surface area (Å²) in [5.74, 6) is 0. The molecular weight excluding hydrogens is 186 g/mol. The number of fused-ring (bicyclic) bond motifs is 1. The van der Waals surface area contributed by atoms with Gasteiger partial charge in [0.25, 0.3) is 0 Å². The quantitative estimate of drug-likeness (QED) is 0.621. The number of nitrogen functional groups attached to an aromatic ring is 1. The molecule has 2 aromatic rings. The van der Waals surface area contributed by atoms with Crippen LogP contribution in [0.2, 0.25) is 0 Å². The van der Waals surface area contributed by atoms with Gasteiger partial charge >= 0.3 is 0 Å². The molecule has 0 bridgehead atoms. The van der Waals surface area contributed by atoms with Gasteiger partial charge in [-0.05, 0) is 36.1 Å². The minimum atomic E-state index is 0.864. The van der Waals surface area contributed by atoms with E-state index in [0.717, 1.165) is 9.90 Å². The van der Waals surface area contributed by atoms with Crippen molar-refractivity contribution in [1.29, 1.82) is 0 Å². The molecule has 0 spiro atoms. The van der Waals surface area contributed by atoms with Crippen molar-refractivity contribution in [3.8, 4) is 0 Å². The normalized spacial score (nSPS) is 10.8. The molecule has 1 heterocycles. The van der Waals surface area contributed by atoms with Crippen LogP contribution in [0.25, 0.3) is 10.1 Å². The lowest BCUT2D eigenvalue weighted by atomic mass is 10.2. The molecule has 0 saturated heterocycles. The molecule has 0 aliphatic carbocycles. The zero-order valence-electron chi connectivity index (χ0n) is 6.66. The van der Waals surface area contributed by atoms with Gasteiger partial charge in [0, 0.05) is 9.60 Å². The molecule has 0 aliphatic rings. The average Bonchev–Trinajstić information content (AvgIpc) is 2.30. The smallest absolute Gasteiger partial charge is 0.0868 e. The predicted molar refractivity (Wildman–Crippen MR) is 58.2 cm³/mol. The van der Waals surface area contributed by atoms with Gasteiger partial charge in [-0.25, -0.2) is 0 Å². The standard InChI is InChI=1S/C9H9NS2/c1-5-2-8-6(3-7(5)11)4-9(10)12-8/h2-4,11H,10H2,1H3. The van der Waals surface area contributed by atoms with Gasteiger partial charge in [0.15, 0.2) is 0 Å². The van der Waals surface area contributed by atoms with Crippen molar-refractivity contribution in [1.82, 2.24) is 0 Å². The second-order valence-electron chi connectivity index (χ2n) is 2.83. The van der Waals surface area contributed by atoms with E-state index in [1.54, 1.807) is 11.3 Å². The minimum absolute atomic E-state index is 0.864.